The lowest BCUT2D eigenvalue weighted by Gasteiger charge is -2.13. The fraction of sp³-hybridized carbons (Fsp3) is 0.188. The fourth-order valence-electron chi connectivity index (χ4n) is 2.29. The minimum absolute atomic E-state index is 0.118. The topological polar surface area (TPSA) is 46.5 Å². The van der Waals surface area contributed by atoms with Crippen LogP contribution in [-0.4, -0.2) is 18.5 Å². The van der Waals surface area contributed by atoms with Gasteiger partial charge in [-0.15, -0.1) is 0 Å². The van der Waals surface area contributed by atoms with Crippen LogP contribution in [0.25, 0.3) is 11.1 Å². The zero-order valence-electron chi connectivity index (χ0n) is 11.2. The van der Waals surface area contributed by atoms with Crippen LogP contribution in [0.2, 0.25) is 0 Å². The number of aromatic hydroxyl groups is 1. The molecule has 0 aliphatic rings. The van der Waals surface area contributed by atoms with E-state index in [1.165, 1.54) is 7.11 Å². The van der Waals surface area contributed by atoms with Crippen LogP contribution in [0.3, 0.4) is 0 Å². The highest BCUT2D eigenvalue weighted by Gasteiger charge is 2.13. The molecule has 2 rings (SSSR count). The monoisotopic (exact) mass is 256 g/mol. The van der Waals surface area contributed by atoms with Gasteiger partial charge in [0.25, 0.3) is 0 Å². The molecule has 2 aromatic carbocycles. The van der Waals surface area contributed by atoms with E-state index in [1.807, 2.05) is 32.0 Å². The summed E-state index contributed by atoms with van der Waals surface area (Å²) >= 11 is 0. The van der Waals surface area contributed by atoms with Gasteiger partial charge in [0.1, 0.15) is 0 Å². The van der Waals surface area contributed by atoms with E-state index in [9.17, 15) is 9.90 Å². The molecule has 2 aromatic rings. The van der Waals surface area contributed by atoms with Gasteiger partial charge in [-0.3, -0.25) is 4.79 Å². The van der Waals surface area contributed by atoms with Crippen molar-refractivity contribution in [3.63, 3.8) is 0 Å². The Morgan fingerprint density at radius 2 is 1.79 bits per heavy atom. The first-order valence-corrected chi connectivity index (χ1v) is 6.01. The molecule has 3 nitrogen and oxygen atoms in total. The third-order valence-electron chi connectivity index (χ3n) is 3.22. The van der Waals surface area contributed by atoms with E-state index in [-0.39, 0.29) is 11.3 Å². The summed E-state index contributed by atoms with van der Waals surface area (Å²) in [4.78, 5) is 11.0. The van der Waals surface area contributed by atoms with Gasteiger partial charge in [-0.05, 0) is 48.2 Å². The van der Waals surface area contributed by atoms with E-state index in [2.05, 4.69) is 0 Å². The quantitative estimate of drug-likeness (QED) is 0.855. The molecule has 0 unspecified atom stereocenters. The molecule has 19 heavy (non-hydrogen) atoms. The van der Waals surface area contributed by atoms with Crippen LogP contribution in [0.1, 0.15) is 21.5 Å². The number of ether oxygens (including phenoxy) is 1. The molecule has 0 radical (unpaired) electrons. The van der Waals surface area contributed by atoms with Crippen molar-refractivity contribution in [2.24, 2.45) is 0 Å². The number of phenolic OH excluding ortho intramolecular Hbond substituents is 1. The highest BCUT2D eigenvalue weighted by molar-refractivity contribution is 5.86. The Balaban J connectivity index is 2.73. The second-order valence-corrected chi connectivity index (χ2v) is 4.50. The lowest BCUT2D eigenvalue weighted by molar-refractivity contribution is 0.112. The third-order valence-corrected chi connectivity index (χ3v) is 3.22. The van der Waals surface area contributed by atoms with Crippen LogP contribution < -0.4 is 4.74 Å². The Labute approximate surface area is 112 Å². The zero-order valence-corrected chi connectivity index (χ0v) is 11.2. The molecule has 0 fully saturated rings. The molecule has 0 aliphatic carbocycles. The van der Waals surface area contributed by atoms with Gasteiger partial charge in [0.2, 0.25) is 0 Å². The highest BCUT2D eigenvalue weighted by Crippen LogP contribution is 2.36. The van der Waals surface area contributed by atoms with Gasteiger partial charge in [-0.2, -0.15) is 0 Å². The number of methoxy groups -OCH3 is 1. The average Bonchev–Trinajstić information content (AvgIpc) is 2.40. The Hall–Kier alpha value is -2.29. The fourth-order valence-corrected chi connectivity index (χ4v) is 2.29. The number of benzene rings is 2. The molecule has 0 saturated carbocycles. The first-order chi connectivity index (χ1) is 9.08. The Morgan fingerprint density at radius 1 is 1.16 bits per heavy atom. The van der Waals surface area contributed by atoms with Gasteiger partial charge in [0.05, 0.1) is 12.7 Å². The number of phenols is 1. The first kappa shape index (κ1) is 13.1. The molecule has 0 amide bonds. The first-order valence-electron chi connectivity index (χ1n) is 6.01. The van der Waals surface area contributed by atoms with Crippen molar-refractivity contribution in [3.8, 4) is 22.6 Å². The minimum Gasteiger partial charge on any atom is -0.504 e. The predicted molar refractivity (Wildman–Crippen MR) is 75.0 cm³/mol. The number of hydrogen-bond acceptors (Lipinski definition) is 3. The maximum absolute atomic E-state index is 11.0. The van der Waals surface area contributed by atoms with E-state index < -0.39 is 0 Å². The molecular weight excluding hydrogens is 240 g/mol. The summed E-state index contributed by atoms with van der Waals surface area (Å²) < 4.78 is 5.12. The van der Waals surface area contributed by atoms with E-state index in [0.717, 1.165) is 22.3 Å². The highest BCUT2D eigenvalue weighted by atomic mass is 16.5. The Bertz CT molecular complexity index is 610. The maximum Gasteiger partial charge on any atom is 0.168 e. The largest absolute Gasteiger partial charge is 0.504 e. The Kier molecular flexibility index (Phi) is 3.56. The zero-order chi connectivity index (χ0) is 14.0. The van der Waals surface area contributed by atoms with Crippen molar-refractivity contribution < 1.29 is 14.6 Å². The van der Waals surface area contributed by atoms with Crippen LogP contribution in [0.15, 0.2) is 30.3 Å². The van der Waals surface area contributed by atoms with Gasteiger partial charge in [0, 0.05) is 0 Å². The number of aryl methyl sites for hydroxylation is 2. The lowest BCUT2D eigenvalue weighted by Crippen LogP contribution is -1.93. The summed E-state index contributed by atoms with van der Waals surface area (Å²) in [6.07, 6.45) is 0.634. The number of hydrogen-bond donors (Lipinski definition) is 1. The van der Waals surface area contributed by atoms with Crippen LogP contribution in [0.5, 0.6) is 11.5 Å². The van der Waals surface area contributed by atoms with Gasteiger partial charge < -0.3 is 9.84 Å². The van der Waals surface area contributed by atoms with Crippen molar-refractivity contribution in [1.29, 1.82) is 0 Å². The van der Waals surface area contributed by atoms with Gasteiger partial charge >= 0.3 is 0 Å². The van der Waals surface area contributed by atoms with Crippen molar-refractivity contribution in [2.45, 2.75) is 13.8 Å². The average molecular weight is 256 g/mol. The molecule has 3 heteroatoms. The molecule has 0 aliphatic heterocycles. The van der Waals surface area contributed by atoms with Gasteiger partial charge in [-0.25, -0.2) is 0 Å². The van der Waals surface area contributed by atoms with E-state index >= 15 is 0 Å². The van der Waals surface area contributed by atoms with Gasteiger partial charge in [0.15, 0.2) is 17.8 Å². The summed E-state index contributed by atoms with van der Waals surface area (Å²) in [7, 11) is 1.47. The Morgan fingerprint density at radius 3 is 2.32 bits per heavy atom. The van der Waals surface area contributed by atoms with E-state index in [0.29, 0.717) is 12.0 Å². The standard InChI is InChI=1S/C16H16O3/c1-10-5-4-6-11(2)15(10)12-7-13(9-17)16(18)14(8-12)19-3/h4-9,18H,1-3H3. The van der Waals surface area contributed by atoms with Gasteiger partial charge in [-0.1, -0.05) is 18.2 Å². The molecule has 0 spiro atoms. The summed E-state index contributed by atoms with van der Waals surface area (Å²) in [5.41, 5.74) is 4.39. The molecule has 0 bridgehead atoms. The van der Waals surface area contributed by atoms with Crippen LogP contribution in [0.4, 0.5) is 0 Å². The maximum atomic E-state index is 11.0. The van der Waals surface area contributed by atoms with E-state index in [4.69, 9.17) is 4.74 Å². The third kappa shape index (κ3) is 2.32. The number of carbonyl (C=O) groups excluding carboxylic acids is 1. The second-order valence-electron chi connectivity index (χ2n) is 4.50. The molecule has 1 N–H and O–H groups in total. The van der Waals surface area contributed by atoms with Crippen molar-refractivity contribution in [3.05, 3.63) is 47.0 Å². The molecule has 98 valence electrons. The number of aldehydes is 1. The van der Waals surface area contributed by atoms with Crippen molar-refractivity contribution in [2.75, 3.05) is 7.11 Å². The van der Waals surface area contributed by atoms with Crippen LogP contribution >= 0.6 is 0 Å². The molecule has 0 heterocycles. The van der Waals surface area contributed by atoms with Crippen LogP contribution in [0, 0.1) is 13.8 Å². The van der Waals surface area contributed by atoms with E-state index in [1.54, 1.807) is 12.1 Å². The molecule has 0 saturated heterocycles. The predicted octanol–water partition coefficient (Wildman–Crippen LogP) is 3.50. The minimum atomic E-state index is -0.118. The smallest absolute Gasteiger partial charge is 0.168 e. The summed E-state index contributed by atoms with van der Waals surface area (Å²) in [6.45, 7) is 4.03. The lowest BCUT2D eigenvalue weighted by atomic mass is 9.94. The van der Waals surface area contributed by atoms with Crippen LogP contribution in [-0.2, 0) is 0 Å². The summed E-state index contributed by atoms with van der Waals surface area (Å²) in [6, 6.07) is 9.45. The SMILES string of the molecule is COc1cc(-c2c(C)cccc2C)cc(C=O)c1O. The molecule has 0 atom stereocenters. The number of rotatable bonds is 3. The normalized spacial score (nSPS) is 10.3. The summed E-state index contributed by atoms with van der Waals surface area (Å²) in [5.74, 6) is 0.190. The van der Waals surface area contributed by atoms with Crippen molar-refractivity contribution >= 4 is 6.29 Å². The molecule has 0 aromatic heterocycles. The van der Waals surface area contributed by atoms with Crippen molar-refractivity contribution in [1.82, 2.24) is 0 Å². The second kappa shape index (κ2) is 5.14. The molecular formula is C16H16O3. The number of carbonyl (C=O) groups is 1. The summed E-state index contributed by atoms with van der Waals surface area (Å²) in [5, 5.41) is 9.84.